The number of hydrogen-bond donors (Lipinski definition) is 1. The van der Waals surface area contributed by atoms with Crippen molar-refractivity contribution in [2.75, 3.05) is 6.54 Å². The smallest absolute Gasteiger partial charge is 0.0428 e. The summed E-state index contributed by atoms with van der Waals surface area (Å²) in [6.45, 7) is 5.50. The molecule has 3 heteroatoms. The van der Waals surface area contributed by atoms with Gasteiger partial charge in [0.1, 0.15) is 0 Å². The monoisotopic (exact) mass is 341 g/mol. The van der Waals surface area contributed by atoms with E-state index >= 15 is 0 Å². The zero-order valence-electron chi connectivity index (χ0n) is 11.9. The third kappa shape index (κ3) is 2.93. The Morgan fingerprint density at radius 3 is 2.79 bits per heavy atom. The Labute approximate surface area is 129 Å². The highest BCUT2D eigenvalue weighted by atomic mass is 79.9. The maximum absolute atomic E-state index is 3.75. The molecule has 0 radical (unpaired) electrons. The van der Waals surface area contributed by atoms with Crippen molar-refractivity contribution >= 4 is 27.3 Å². The summed E-state index contributed by atoms with van der Waals surface area (Å²) in [5.41, 5.74) is 0. The molecule has 0 saturated heterocycles. The highest BCUT2D eigenvalue weighted by Gasteiger charge is 2.40. The second-order valence-corrected chi connectivity index (χ2v) is 8.49. The maximum atomic E-state index is 3.75. The molecule has 2 saturated carbocycles. The van der Waals surface area contributed by atoms with E-state index in [9.17, 15) is 0 Å². The third-order valence-electron chi connectivity index (χ3n) is 5.03. The van der Waals surface area contributed by atoms with Crippen LogP contribution >= 0.6 is 27.3 Å². The lowest BCUT2D eigenvalue weighted by atomic mass is 9.84. The lowest BCUT2D eigenvalue weighted by Crippen LogP contribution is -2.25. The van der Waals surface area contributed by atoms with Crippen LogP contribution in [0.25, 0.3) is 0 Å². The summed E-state index contributed by atoms with van der Waals surface area (Å²) in [6, 6.07) is 2.83. The Balaban J connectivity index is 1.72. The molecule has 19 heavy (non-hydrogen) atoms. The SMILES string of the molecule is CCNC(CC1CC2CCC1C2)c1sc(C)cc1Br. The molecule has 1 aromatic heterocycles. The van der Waals surface area contributed by atoms with Crippen LogP contribution in [0.2, 0.25) is 0 Å². The Morgan fingerprint density at radius 2 is 2.26 bits per heavy atom. The van der Waals surface area contributed by atoms with Crippen LogP contribution < -0.4 is 5.32 Å². The van der Waals surface area contributed by atoms with Gasteiger partial charge in [0.2, 0.25) is 0 Å². The van der Waals surface area contributed by atoms with Crippen LogP contribution in [0.1, 0.15) is 54.8 Å². The van der Waals surface area contributed by atoms with Crippen LogP contribution in [-0.4, -0.2) is 6.54 Å². The standard InChI is InChI=1S/C16H24BrNS/c1-3-18-15(16-14(17)6-10(2)19-16)9-13-8-11-4-5-12(13)7-11/h6,11-13,15,18H,3-5,7-9H2,1-2H3. The zero-order chi connectivity index (χ0) is 13.4. The first kappa shape index (κ1) is 14.1. The second-order valence-electron chi connectivity index (χ2n) is 6.35. The Bertz CT molecular complexity index is 442. The minimum absolute atomic E-state index is 0.558. The van der Waals surface area contributed by atoms with Crippen LogP contribution in [0.3, 0.4) is 0 Å². The first-order valence-electron chi connectivity index (χ1n) is 7.66. The zero-order valence-corrected chi connectivity index (χ0v) is 14.3. The van der Waals surface area contributed by atoms with E-state index in [-0.39, 0.29) is 0 Å². The Kier molecular flexibility index (Phi) is 4.35. The number of aryl methyl sites for hydroxylation is 1. The predicted octanol–water partition coefficient (Wildman–Crippen LogP) is 5.30. The molecule has 4 unspecified atom stereocenters. The first-order valence-corrected chi connectivity index (χ1v) is 9.27. The van der Waals surface area contributed by atoms with Crippen LogP contribution in [0.4, 0.5) is 0 Å². The average Bonchev–Trinajstić information content (AvgIpc) is 3.04. The quantitative estimate of drug-likeness (QED) is 0.766. The summed E-state index contributed by atoms with van der Waals surface area (Å²) < 4.78 is 1.31. The van der Waals surface area contributed by atoms with Crippen molar-refractivity contribution in [1.29, 1.82) is 0 Å². The molecule has 106 valence electrons. The van der Waals surface area contributed by atoms with E-state index in [1.54, 1.807) is 0 Å². The minimum Gasteiger partial charge on any atom is -0.309 e. The maximum Gasteiger partial charge on any atom is 0.0428 e. The van der Waals surface area contributed by atoms with E-state index < -0.39 is 0 Å². The molecule has 1 nitrogen and oxygen atoms in total. The molecule has 1 heterocycles. The number of thiophene rings is 1. The summed E-state index contributed by atoms with van der Waals surface area (Å²) in [6.07, 6.45) is 7.36. The lowest BCUT2D eigenvalue weighted by molar-refractivity contribution is 0.282. The van der Waals surface area contributed by atoms with Crippen molar-refractivity contribution < 1.29 is 0 Å². The summed E-state index contributed by atoms with van der Waals surface area (Å²) in [7, 11) is 0. The molecule has 1 N–H and O–H groups in total. The van der Waals surface area contributed by atoms with Crippen molar-refractivity contribution in [2.24, 2.45) is 17.8 Å². The van der Waals surface area contributed by atoms with Gasteiger partial charge in [-0.15, -0.1) is 11.3 Å². The fourth-order valence-corrected chi connectivity index (χ4v) is 6.25. The van der Waals surface area contributed by atoms with E-state index in [0.29, 0.717) is 6.04 Å². The van der Waals surface area contributed by atoms with Crippen molar-refractivity contribution in [2.45, 2.75) is 52.0 Å². The van der Waals surface area contributed by atoms with Gasteiger partial charge in [0.05, 0.1) is 0 Å². The summed E-state index contributed by atoms with van der Waals surface area (Å²) in [5.74, 6) is 3.06. The highest BCUT2D eigenvalue weighted by Crippen LogP contribution is 2.51. The highest BCUT2D eigenvalue weighted by molar-refractivity contribution is 9.10. The topological polar surface area (TPSA) is 12.0 Å². The summed E-state index contributed by atoms with van der Waals surface area (Å²) in [5, 5.41) is 3.72. The summed E-state index contributed by atoms with van der Waals surface area (Å²) >= 11 is 5.70. The third-order valence-corrected chi connectivity index (χ3v) is 7.11. The molecule has 0 aromatic carbocycles. The van der Waals surface area contributed by atoms with E-state index in [1.807, 2.05) is 11.3 Å². The molecule has 2 fully saturated rings. The Morgan fingerprint density at radius 1 is 1.42 bits per heavy atom. The van der Waals surface area contributed by atoms with Crippen molar-refractivity contribution in [3.05, 3.63) is 20.3 Å². The van der Waals surface area contributed by atoms with Gasteiger partial charge < -0.3 is 5.32 Å². The number of halogens is 1. The number of hydrogen-bond acceptors (Lipinski definition) is 2. The molecule has 2 aliphatic carbocycles. The molecule has 3 rings (SSSR count). The van der Waals surface area contributed by atoms with E-state index in [2.05, 4.69) is 41.2 Å². The van der Waals surface area contributed by atoms with Crippen LogP contribution in [-0.2, 0) is 0 Å². The largest absolute Gasteiger partial charge is 0.309 e. The normalized spacial score (nSPS) is 31.0. The van der Waals surface area contributed by atoms with Gasteiger partial charge >= 0.3 is 0 Å². The fraction of sp³-hybridized carbons (Fsp3) is 0.750. The summed E-state index contributed by atoms with van der Waals surface area (Å²) in [4.78, 5) is 2.93. The lowest BCUT2D eigenvalue weighted by Gasteiger charge is -2.27. The molecule has 0 aliphatic heterocycles. The van der Waals surface area contributed by atoms with Gasteiger partial charge in [0.25, 0.3) is 0 Å². The minimum atomic E-state index is 0.558. The molecular weight excluding hydrogens is 318 g/mol. The predicted molar refractivity (Wildman–Crippen MR) is 86.7 cm³/mol. The van der Waals surface area contributed by atoms with Gasteiger partial charge in [0, 0.05) is 20.3 Å². The van der Waals surface area contributed by atoms with E-state index in [4.69, 9.17) is 0 Å². The van der Waals surface area contributed by atoms with Crippen LogP contribution in [0, 0.1) is 24.7 Å². The van der Waals surface area contributed by atoms with Crippen LogP contribution in [0.15, 0.2) is 10.5 Å². The molecule has 2 bridgehead atoms. The van der Waals surface area contributed by atoms with E-state index in [1.165, 1.54) is 46.3 Å². The molecular formula is C16H24BrNS. The van der Waals surface area contributed by atoms with Crippen LogP contribution in [0.5, 0.6) is 0 Å². The van der Waals surface area contributed by atoms with Crippen molar-refractivity contribution in [3.8, 4) is 0 Å². The van der Waals surface area contributed by atoms with Crippen molar-refractivity contribution in [3.63, 3.8) is 0 Å². The number of nitrogens with one attached hydrogen (secondary N) is 1. The fourth-order valence-electron chi connectivity index (χ4n) is 4.24. The van der Waals surface area contributed by atoms with Gasteiger partial charge in [-0.25, -0.2) is 0 Å². The van der Waals surface area contributed by atoms with Gasteiger partial charge in [-0.05, 0) is 78.9 Å². The van der Waals surface area contributed by atoms with Crippen molar-refractivity contribution in [1.82, 2.24) is 5.32 Å². The molecule has 0 spiro atoms. The second kappa shape index (κ2) is 5.87. The molecule has 2 aliphatic rings. The average molecular weight is 342 g/mol. The van der Waals surface area contributed by atoms with Gasteiger partial charge in [-0.2, -0.15) is 0 Å². The molecule has 1 aromatic rings. The number of rotatable bonds is 5. The van der Waals surface area contributed by atoms with E-state index in [0.717, 1.165) is 24.3 Å². The first-order chi connectivity index (χ1) is 9.17. The van der Waals surface area contributed by atoms with Gasteiger partial charge in [0.15, 0.2) is 0 Å². The molecule has 0 amide bonds. The van der Waals surface area contributed by atoms with Gasteiger partial charge in [-0.1, -0.05) is 13.3 Å². The van der Waals surface area contributed by atoms with Gasteiger partial charge in [-0.3, -0.25) is 0 Å². The molecule has 4 atom stereocenters. The number of fused-ring (bicyclic) bond motifs is 2. The Hall–Kier alpha value is 0.140.